The first kappa shape index (κ1) is 22.8. The molecule has 1 heterocycles. The fourth-order valence-corrected chi connectivity index (χ4v) is 3.45. The molecule has 3 aromatic rings. The predicted octanol–water partition coefficient (Wildman–Crippen LogP) is 5.85. The van der Waals surface area contributed by atoms with Crippen LogP contribution in [0.15, 0.2) is 66.7 Å². The molecule has 9 nitrogen and oxygen atoms in total. The highest BCUT2D eigenvalue weighted by Gasteiger charge is 2.24. The lowest BCUT2D eigenvalue weighted by atomic mass is 10.0. The van der Waals surface area contributed by atoms with Crippen LogP contribution < -0.4 is 14.2 Å². The van der Waals surface area contributed by atoms with E-state index in [4.69, 9.17) is 14.2 Å². The molecule has 174 valence electrons. The lowest BCUT2D eigenvalue weighted by Gasteiger charge is -2.28. The van der Waals surface area contributed by atoms with Gasteiger partial charge in [-0.2, -0.15) is 0 Å². The molecule has 3 aromatic carbocycles. The van der Waals surface area contributed by atoms with Crippen molar-refractivity contribution in [3.63, 3.8) is 0 Å². The first-order valence-electron chi connectivity index (χ1n) is 10.5. The van der Waals surface area contributed by atoms with Gasteiger partial charge in [-0.15, -0.1) is 0 Å². The van der Waals surface area contributed by atoms with Crippen molar-refractivity contribution in [2.24, 2.45) is 0 Å². The maximum atomic E-state index is 11.1. The topological polar surface area (TPSA) is 114 Å². The molecule has 0 bridgehead atoms. The standard InChI is InChI=1S/C25H22N2O7/c1-25(2)10-9-19-13-23(32-15-17-5-3-7-20(11-17)26(28)29)24(14-22(19)34-25)33-16-18-6-4-8-21(12-18)27(30)31/h3-14H,15-16H2,1-2H3. The van der Waals surface area contributed by atoms with E-state index in [1.54, 1.807) is 36.4 Å². The van der Waals surface area contributed by atoms with E-state index >= 15 is 0 Å². The maximum absolute atomic E-state index is 11.1. The van der Waals surface area contributed by atoms with E-state index in [2.05, 4.69) is 0 Å². The average Bonchev–Trinajstić information content (AvgIpc) is 2.81. The molecule has 0 aromatic heterocycles. The zero-order valence-electron chi connectivity index (χ0n) is 18.6. The van der Waals surface area contributed by atoms with Crippen LogP contribution in [0.5, 0.6) is 17.2 Å². The second kappa shape index (κ2) is 9.22. The Hall–Kier alpha value is -4.40. The third kappa shape index (κ3) is 5.32. The highest BCUT2D eigenvalue weighted by Crippen LogP contribution is 2.40. The van der Waals surface area contributed by atoms with Gasteiger partial charge in [0, 0.05) is 35.9 Å². The minimum absolute atomic E-state index is 0.0211. The normalized spacial score (nSPS) is 13.5. The predicted molar refractivity (Wildman–Crippen MR) is 125 cm³/mol. The van der Waals surface area contributed by atoms with Crippen molar-refractivity contribution in [3.8, 4) is 17.2 Å². The van der Waals surface area contributed by atoms with E-state index in [0.29, 0.717) is 28.4 Å². The van der Waals surface area contributed by atoms with Gasteiger partial charge < -0.3 is 14.2 Å². The number of fused-ring (bicyclic) bond motifs is 1. The molecular formula is C25H22N2O7. The lowest BCUT2D eigenvalue weighted by molar-refractivity contribution is -0.385. The van der Waals surface area contributed by atoms with Crippen molar-refractivity contribution < 1.29 is 24.1 Å². The second-order valence-corrected chi connectivity index (χ2v) is 8.31. The summed E-state index contributed by atoms with van der Waals surface area (Å²) in [7, 11) is 0. The van der Waals surface area contributed by atoms with Gasteiger partial charge in [0.15, 0.2) is 11.5 Å². The fourth-order valence-electron chi connectivity index (χ4n) is 3.45. The lowest BCUT2D eigenvalue weighted by Crippen LogP contribution is -2.27. The van der Waals surface area contributed by atoms with E-state index < -0.39 is 15.4 Å². The van der Waals surface area contributed by atoms with E-state index in [1.165, 1.54) is 24.3 Å². The van der Waals surface area contributed by atoms with Crippen LogP contribution in [-0.4, -0.2) is 15.4 Å². The molecule has 0 spiro atoms. The van der Waals surface area contributed by atoms with Crippen LogP contribution in [0.4, 0.5) is 11.4 Å². The van der Waals surface area contributed by atoms with Crippen molar-refractivity contribution in [1.29, 1.82) is 0 Å². The van der Waals surface area contributed by atoms with Gasteiger partial charge in [0.2, 0.25) is 0 Å². The summed E-state index contributed by atoms with van der Waals surface area (Å²) in [4.78, 5) is 21.2. The summed E-state index contributed by atoms with van der Waals surface area (Å²) in [6.07, 6.45) is 3.87. The molecule has 0 fully saturated rings. The first-order chi connectivity index (χ1) is 16.2. The van der Waals surface area contributed by atoms with Crippen LogP contribution >= 0.6 is 0 Å². The molecule has 4 rings (SSSR count). The van der Waals surface area contributed by atoms with Crippen molar-refractivity contribution in [1.82, 2.24) is 0 Å². The number of nitro benzene ring substituents is 2. The summed E-state index contributed by atoms with van der Waals surface area (Å²) >= 11 is 0. The molecule has 0 saturated carbocycles. The summed E-state index contributed by atoms with van der Waals surface area (Å²) in [6.45, 7) is 4.03. The fraction of sp³-hybridized carbons (Fsp3) is 0.200. The highest BCUT2D eigenvalue weighted by molar-refractivity contribution is 5.66. The summed E-state index contributed by atoms with van der Waals surface area (Å²) in [5, 5.41) is 22.1. The largest absolute Gasteiger partial charge is 0.485 e. The number of ether oxygens (including phenoxy) is 3. The van der Waals surface area contributed by atoms with Crippen molar-refractivity contribution >= 4 is 17.5 Å². The molecular weight excluding hydrogens is 440 g/mol. The summed E-state index contributed by atoms with van der Waals surface area (Å²) < 4.78 is 18.0. The molecule has 0 N–H and O–H groups in total. The van der Waals surface area contributed by atoms with Crippen LogP contribution in [0.2, 0.25) is 0 Å². The summed E-state index contributed by atoms with van der Waals surface area (Å²) in [6, 6.07) is 15.9. The Kier molecular flexibility index (Phi) is 6.18. The molecule has 0 unspecified atom stereocenters. The monoisotopic (exact) mass is 462 g/mol. The SMILES string of the molecule is CC1(C)C=Cc2cc(OCc3cccc([N+](=O)[O-])c3)c(OCc3cccc([N+](=O)[O-])c3)cc2O1. The average molecular weight is 462 g/mol. The quantitative estimate of drug-likeness (QED) is 0.305. The Morgan fingerprint density at radius 3 is 1.88 bits per heavy atom. The van der Waals surface area contributed by atoms with E-state index in [9.17, 15) is 20.2 Å². The summed E-state index contributed by atoms with van der Waals surface area (Å²) in [5.41, 5.74) is 1.52. The molecule has 34 heavy (non-hydrogen) atoms. The van der Waals surface area contributed by atoms with E-state index in [0.717, 1.165) is 5.56 Å². The maximum Gasteiger partial charge on any atom is 0.269 e. The van der Waals surface area contributed by atoms with Gasteiger partial charge in [-0.1, -0.05) is 30.3 Å². The Bertz CT molecular complexity index is 1280. The van der Waals surface area contributed by atoms with Crippen molar-refractivity contribution in [2.45, 2.75) is 32.7 Å². The minimum Gasteiger partial charge on any atom is -0.485 e. The van der Waals surface area contributed by atoms with Gasteiger partial charge >= 0.3 is 0 Å². The summed E-state index contributed by atoms with van der Waals surface area (Å²) in [5.74, 6) is 1.43. The zero-order valence-corrected chi connectivity index (χ0v) is 18.6. The number of non-ortho nitro benzene ring substituents is 2. The third-order valence-corrected chi connectivity index (χ3v) is 5.14. The van der Waals surface area contributed by atoms with Crippen LogP contribution in [0, 0.1) is 20.2 Å². The van der Waals surface area contributed by atoms with Crippen LogP contribution in [0.3, 0.4) is 0 Å². The molecule has 0 radical (unpaired) electrons. The number of benzene rings is 3. The van der Waals surface area contributed by atoms with Crippen LogP contribution in [0.25, 0.3) is 6.08 Å². The molecule has 0 saturated heterocycles. The molecule has 9 heteroatoms. The molecule has 0 aliphatic carbocycles. The zero-order chi connectivity index (χ0) is 24.3. The van der Waals surface area contributed by atoms with Crippen molar-refractivity contribution in [2.75, 3.05) is 0 Å². The smallest absolute Gasteiger partial charge is 0.269 e. The van der Waals surface area contributed by atoms with Gasteiger partial charge in [0.1, 0.15) is 24.6 Å². The molecule has 0 amide bonds. The Morgan fingerprint density at radius 1 is 0.824 bits per heavy atom. The number of hydrogen-bond donors (Lipinski definition) is 0. The second-order valence-electron chi connectivity index (χ2n) is 8.31. The van der Waals surface area contributed by atoms with Gasteiger partial charge in [-0.3, -0.25) is 20.2 Å². The van der Waals surface area contributed by atoms with Gasteiger partial charge in [-0.25, -0.2) is 0 Å². The van der Waals surface area contributed by atoms with Gasteiger partial charge in [-0.05, 0) is 37.1 Å². The minimum atomic E-state index is -0.490. The number of rotatable bonds is 8. The molecule has 1 aliphatic heterocycles. The highest BCUT2D eigenvalue weighted by atomic mass is 16.6. The number of hydrogen-bond acceptors (Lipinski definition) is 7. The Labute approximate surface area is 195 Å². The van der Waals surface area contributed by atoms with Crippen LogP contribution in [-0.2, 0) is 13.2 Å². The Balaban J connectivity index is 1.60. The molecule has 0 atom stereocenters. The van der Waals surface area contributed by atoms with Crippen LogP contribution in [0.1, 0.15) is 30.5 Å². The van der Waals surface area contributed by atoms with E-state index in [-0.39, 0.29) is 24.6 Å². The number of nitro groups is 2. The van der Waals surface area contributed by atoms with Gasteiger partial charge in [0.25, 0.3) is 11.4 Å². The van der Waals surface area contributed by atoms with E-state index in [1.807, 2.05) is 26.0 Å². The third-order valence-electron chi connectivity index (χ3n) is 5.14. The van der Waals surface area contributed by atoms with Crippen molar-refractivity contribution in [3.05, 3.63) is 104 Å². The van der Waals surface area contributed by atoms with Gasteiger partial charge in [0.05, 0.1) is 9.85 Å². The Morgan fingerprint density at radius 2 is 1.35 bits per heavy atom. The number of nitrogens with zero attached hydrogens (tertiary/aromatic N) is 2. The first-order valence-corrected chi connectivity index (χ1v) is 10.5. The molecule has 1 aliphatic rings.